The van der Waals surface area contributed by atoms with E-state index in [2.05, 4.69) is 15.2 Å². The highest BCUT2D eigenvalue weighted by molar-refractivity contribution is 7.99. The van der Waals surface area contributed by atoms with Crippen molar-refractivity contribution in [1.29, 1.82) is 5.26 Å². The molecule has 0 atom stereocenters. The van der Waals surface area contributed by atoms with Gasteiger partial charge in [0.25, 0.3) is 0 Å². The first kappa shape index (κ1) is 10.6. The van der Waals surface area contributed by atoms with Crippen LogP contribution in [0.5, 0.6) is 0 Å². The molecule has 2 aromatic rings. The zero-order chi connectivity index (χ0) is 11.5. The van der Waals surface area contributed by atoms with Crippen molar-refractivity contribution in [2.75, 3.05) is 0 Å². The third-order valence-corrected chi connectivity index (χ3v) is 3.10. The maximum absolute atomic E-state index is 8.64. The minimum Gasteiger partial charge on any atom is -0.309 e. The van der Waals surface area contributed by atoms with Crippen molar-refractivity contribution in [3.8, 4) is 6.07 Å². The lowest BCUT2D eigenvalue weighted by atomic mass is 10.3. The van der Waals surface area contributed by atoms with Gasteiger partial charge in [-0.3, -0.25) is 0 Å². The molecule has 0 spiro atoms. The second-order valence-corrected chi connectivity index (χ2v) is 4.18. The molecule has 0 aromatic carbocycles. The summed E-state index contributed by atoms with van der Waals surface area (Å²) in [6, 6.07) is 5.56. The number of hydrogen-bond donors (Lipinski definition) is 0. The van der Waals surface area contributed by atoms with E-state index in [1.54, 1.807) is 18.3 Å². The summed E-state index contributed by atoms with van der Waals surface area (Å²) in [5, 5.41) is 18.2. The van der Waals surface area contributed by atoms with Crippen LogP contribution in [0.25, 0.3) is 0 Å². The number of aryl methyl sites for hydroxylation is 1. The van der Waals surface area contributed by atoms with Gasteiger partial charge in [-0.15, -0.1) is 10.2 Å². The van der Waals surface area contributed by atoms with Gasteiger partial charge < -0.3 is 4.57 Å². The normalized spacial score (nSPS) is 10.1. The second-order valence-electron chi connectivity index (χ2n) is 3.19. The van der Waals surface area contributed by atoms with Crippen LogP contribution in [-0.2, 0) is 7.05 Å². The standard InChI is InChI=1S/C10H9N5S/c1-7-13-14-10(15(7)2)16-9-4-3-8(5-11)6-12-9/h3-4,6H,1-2H3. The maximum Gasteiger partial charge on any atom is 0.197 e. The van der Waals surface area contributed by atoms with Crippen LogP contribution in [0.4, 0.5) is 0 Å². The Morgan fingerprint density at radius 1 is 1.38 bits per heavy atom. The van der Waals surface area contributed by atoms with E-state index >= 15 is 0 Å². The molecule has 0 fully saturated rings. The fraction of sp³-hybridized carbons (Fsp3) is 0.200. The lowest BCUT2D eigenvalue weighted by molar-refractivity contribution is 0.764. The SMILES string of the molecule is Cc1nnc(Sc2ccc(C#N)cn2)n1C. The largest absolute Gasteiger partial charge is 0.309 e. The van der Waals surface area contributed by atoms with Crippen LogP contribution in [-0.4, -0.2) is 19.7 Å². The van der Waals surface area contributed by atoms with Crippen LogP contribution in [0.15, 0.2) is 28.5 Å². The van der Waals surface area contributed by atoms with E-state index in [-0.39, 0.29) is 0 Å². The van der Waals surface area contributed by atoms with Crippen LogP contribution in [0.3, 0.4) is 0 Å². The number of aromatic nitrogens is 4. The summed E-state index contributed by atoms with van der Waals surface area (Å²) in [7, 11) is 1.90. The molecule has 5 nitrogen and oxygen atoms in total. The third kappa shape index (κ3) is 2.04. The predicted octanol–water partition coefficient (Wildman–Crippen LogP) is 1.54. The molecular formula is C10H9N5S. The molecule has 0 unspecified atom stereocenters. The molecule has 0 amide bonds. The van der Waals surface area contributed by atoms with Gasteiger partial charge in [0.15, 0.2) is 5.16 Å². The summed E-state index contributed by atoms with van der Waals surface area (Å²) in [4.78, 5) is 4.15. The Morgan fingerprint density at radius 3 is 2.69 bits per heavy atom. The van der Waals surface area contributed by atoms with Gasteiger partial charge in [0.2, 0.25) is 0 Å². The third-order valence-electron chi connectivity index (χ3n) is 2.11. The first-order valence-electron chi connectivity index (χ1n) is 4.60. The van der Waals surface area contributed by atoms with Crippen molar-refractivity contribution in [1.82, 2.24) is 19.7 Å². The monoisotopic (exact) mass is 231 g/mol. The van der Waals surface area contributed by atoms with Crippen molar-refractivity contribution in [2.24, 2.45) is 7.05 Å². The minimum atomic E-state index is 0.554. The molecule has 0 radical (unpaired) electrons. The highest BCUT2D eigenvalue weighted by Crippen LogP contribution is 2.23. The summed E-state index contributed by atoms with van der Waals surface area (Å²) in [5.74, 6) is 0.858. The molecule has 80 valence electrons. The maximum atomic E-state index is 8.64. The summed E-state index contributed by atoms with van der Waals surface area (Å²) >= 11 is 1.42. The molecule has 0 aliphatic rings. The van der Waals surface area contributed by atoms with Crippen LogP contribution in [0.1, 0.15) is 11.4 Å². The van der Waals surface area contributed by atoms with Crippen molar-refractivity contribution in [3.05, 3.63) is 29.7 Å². The van der Waals surface area contributed by atoms with Crippen molar-refractivity contribution in [3.63, 3.8) is 0 Å². The van der Waals surface area contributed by atoms with Crippen LogP contribution < -0.4 is 0 Å². The van der Waals surface area contributed by atoms with Gasteiger partial charge in [-0.1, -0.05) is 0 Å². The molecule has 0 saturated carbocycles. The molecular weight excluding hydrogens is 222 g/mol. The average Bonchev–Trinajstić information content (AvgIpc) is 2.62. The Kier molecular flexibility index (Phi) is 2.88. The van der Waals surface area contributed by atoms with Gasteiger partial charge in [-0.25, -0.2) is 4.98 Å². The first-order valence-corrected chi connectivity index (χ1v) is 5.42. The van der Waals surface area contributed by atoms with Gasteiger partial charge in [0.1, 0.15) is 16.9 Å². The first-order chi connectivity index (χ1) is 7.70. The number of hydrogen-bond acceptors (Lipinski definition) is 5. The summed E-state index contributed by atoms with van der Waals surface area (Å²) < 4.78 is 1.89. The fourth-order valence-electron chi connectivity index (χ4n) is 1.08. The minimum absolute atomic E-state index is 0.554. The van der Waals surface area contributed by atoms with Crippen LogP contribution >= 0.6 is 11.8 Å². The Bertz CT molecular complexity index is 537. The Balaban J connectivity index is 2.21. The van der Waals surface area contributed by atoms with Gasteiger partial charge in [-0.2, -0.15) is 5.26 Å². The summed E-state index contributed by atoms with van der Waals surface area (Å²) in [6.45, 7) is 1.89. The van der Waals surface area contributed by atoms with Crippen LogP contribution in [0, 0.1) is 18.3 Å². The molecule has 0 aliphatic carbocycles. The van der Waals surface area contributed by atoms with E-state index < -0.39 is 0 Å². The number of rotatable bonds is 2. The molecule has 2 rings (SSSR count). The van der Waals surface area contributed by atoms with Gasteiger partial charge in [-0.05, 0) is 30.8 Å². The van der Waals surface area contributed by atoms with E-state index in [1.807, 2.05) is 24.6 Å². The number of nitriles is 1. The van der Waals surface area contributed by atoms with Crippen LogP contribution in [0.2, 0.25) is 0 Å². The Morgan fingerprint density at radius 2 is 2.19 bits per heavy atom. The van der Waals surface area contributed by atoms with Crippen molar-refractivity contribution in [2.45, 2.75) is 17.1 Å². The topological polar surface area (TPSA) is 67.4 Å². The Labute approximate surface area is 97.1 Å². The molecule has 2 heterocycles. The number of pyridine rings is 1. The zero-order valence-corrected chi connectivity index (χ0v) is 9.69. The molecule has 0 bridgehead atoms. The average molecular weight is 231 g/mol. The Hall–Kier alpha value is -1.87. The second kappa shape index (κ2) is 4.33. The van der Waals surface area contributed by atoms with Crippen molar-refractivity contribution >= 4 is 11.8 Å². The van der Waals surface area contributed by atoms with Crippen molar-refractivity contribution < 1.29 is 0 Å². The molecule has 16 heavy (non-hydrogen) atoms. The molecule has 0 N–H and O–H groups in total. The number of nitrogens with zero attached hydrogens (tertiary/aromatic N) is 5. The highest BCUT2D eigenvalue weighted by Gasteiger charge is 2.07. The van der Waals surface area contributed by atoms with Gasteiger partial charge >= 0.3 is 0 Å². The quantitative estimate of drug-likeness (QED) is 0.784. The lowest BCUT2D eigenvalue weighted by Crippen LogP contribution is -1.93. The molecule has 2 aromatic heterocycles. The van der Waals surface area contributed by atoms with Gasteiger partial charge in [0, 0.05) is 13.2 Å². The molecule has 0 aliphatic heterocycles. The zero-order valence-electron chi connectivity index (χ0n) is 8.88. The predicted molar refractivity (Wildman–Crippen MR) is 58.8 cm³/mol. The van der Waals surface area contributed by atoms with E-state index in [0.29, 0.717) is 5.56 Å². The van der Waals surface area contributed by atoms with E-state index in [9.17, 15) is 0 Å². The van der Waals surface area contributed by atoms with E-state index in [0.717, 1.165) is 16.0 Å². The highest BCUT2D eigenvalue weighted by atomic mass is 32.2. The van der Waals surface area contributed by atoms with Gasteiger partial charge in [0.05, 0.1) is 5.56 Å². The fourth-order valence-corrected chi connectivity index (χ4v) is 1.86. The molecule has 6 heteroatoms. The summed E-state index contributed by atoms with van der Waals surface area (Å²) in [5.41, 5.74) is 0.554. The molecule has 0 saturated heterocycles. The lowest BCUT2D eigenvalue weighted by Gasteiger charge is -2.00. The smallest absolute Gasteiger partial charge is 0.197 e. The van der Waals surface area contributed by atoms with E-state index in [4.69, 9.17) is 5.26 Å². The van der Waals surface area contributed by atoms with E-state index in [1.165, 1.54) is 11.8 Å². The summed E-state index contributed by atoms with van der Waals surface area (Å²) in [6.07, 6.45) is 1.55.